The monoisotopic (exact) mass is 397 g/mol. The molecule has 1 heterocycles. The van der Waals surface area contributed by atoms with Crippen molar-refractivity contribution in [1.82, 2.24) is 9.97 Å². The van der Waals surface area contributed by atoms with Crippen molar-refractivity contribution < 1.29 is 9.18 Å². The highest BCUT2D eigenvalue weighted by molar-refractivity contribution is 5.90. The Morgan fingerprint density at radius 1 is 1.17 bits per heavy atom. The molecule has 0 radical (unpaired) electrons. The van der Waals surface area contributed by atoms with Gasteiger partial charge in [-0.25, -0.2) is 14.4 Å². The van der Waals surface area contributed by atoms with E-state index in [1.54, 1.807) is 12.1 Å². The number of unbranched alkanes of at least 4 members (excludes halogenated alkanes) is 2. The largest absolute Gasteiger partial charge is 0.309 e. The quantitative estimate of drug-likeness (QED) is 0.552. The van der Waals surface area contributed by atoms with Crippen molar-refractivity contribution in [1.29, 1.82) is 0 Å². The number of aromatic nitrogens is 2. The Kier molecular flexibility index (Phi) is 6.99. The summed E-state index contributed by atoms with van der Waals surface area (Å²) in [6, 6.07) is 4.89. The smallest absolute Gasteiger partial charge is 0.225 e. The molecule has 1 N–H and O–H groups in total. The van der Waals surface area contributed by atoms with Gasteiger partial charge in [0.2, 0.25) is 5.91 Å². The topological polar surface area (TPSA) is 54.9 Å². The van der Waals surface area contributed by atoms with Gasteiger partial charge in [-0.15, -0.1) is 0 Å². The SMILES string of the molecule is CCCCCC(C)c1nc2c(nc1NC(=O)CC(C)C)CCc1cc(F)ccc1-2. The van der Waals surface area contributed by atoms with Gasteiger partial charge in [-0.1, -0.05) is 47.0 Å². The first-order chi connectivity index (χ1) is 13.9. The van der Waals surface area contributed by atoms with Crippen molar-refractivity contribution >= 4 is 11.7 Å². The zero-order valence-corrected chi connectivity index (χ0v) is 18.0. The van der Waals surface area contributed by atoms with Crippen LogP contribution in [0.4, 0.5) is 10.2 Å². The summed E-state index contributed by atoms with van der Waals surface area (Å²) in [6.07, 6.45) is 6.38. The second-order valence-electron chi connectivity index (χ2n) is 8.60. The molecule has 0 saturated carbocycles. The summed E-state index contributed by atoms with van der Waals surface area (Å²) in [5, 5.41) is 3.02. The molecule has 1 amide bonds. The van der Waals surface area contributed by atoms with E-state index in [1.165, 1.54) is 18.9 Å². The molecule has 0 bridgehead atoms. The van der Waals surface area contributed by atoms with Gasteiger partial charge in [0.05, 0.1) is 17.1 Å². The van der Waals surface area contributed by atoms with Gasteiger partial charge in [-0.05, 0) is 48.9 Å². The van der Waals surface area contributed by atoms with Crippen molar-refractivity contribution in [2.75, 3.05) is 5.32 Å². The van der Waals surface area contributed by atoms with Crippen LogP contribution in [0.2, 0.25) is 0 Å². The van der Waals surface area contributed by atoms with Gasteiger partial charge in [-0.3, -0.25) is 4.79 Å². The number of aryl methyl sites for hydroxylation is 2. The van der Waals surface area contributed by atoms with Crippen LogP contribution in [-0.4, -0.2) is 15.9 Å². The molecule has 1 atom stereocenters. The van der Waals surface area contributed by atoms with E-state index in [0.29, 0.717) is 18.7 Å². The molecule has 0 aliphatic heterocycles. The summed E-state index contributed by atoms with van der Waals surface area (Å²) in [5.74, 6) is 0.844. The van der Waals surface area contributed by atoms with Crippen molar-refractivity contribution in [2.45, 2.75) is 78.6 Å². The number of nitrogens with one attached hydrogen (secondary N) is 1. The fraction of sp³-hybridized carbons (Fsp3) is 0.542. The van der Waals surface area contributed by atoms with Crippen molar-refractivity contribution in [3.05, 3.63) is 41.0 Å². The van der Waals surface area contributed by atoms with Gasteiger partial charge in [0, 0.05) is 17.9 Å². The number of carbonyl (C=O) groups is 1. The van der Waals surface area contributed by atoms with E-state index in [2.05, 4.69) is 19.2 Å². The lowest BCUT2D eigenvalue weighted by Crippen LogP contribution is -2.20. The third kappa shape index (κ3) is 5.20. The maximum absolute atomic E-state index is 13.7. The number of fused-ring (bicyclic) bond motifs is 3. The molecule has 1 aliphatic rings. The van der Waals surface area contributed by atoms with E-state index in [1.807, 2.05) is 13.8 Å². The van der Waals surface area contributed by atoms with E-state index in [-0.39, 0.29) is 23.6 Å². The second-order valence-corrected chi connectivity index (χ2v) is 8.60. The van der Waals surface area contributed by atoms with E-state index >= 15 is 0 Å². The number of amides is 1. The summed E-state index contributed by atoms with van der Waals surface area (Å²) < 4.78 is 13.7. The molecule has 5 heteroatoms. The number of hydrogen-bond acceptors (Lipinski definition) is 3. The third-order valence-electron chi connectivity index (χ3n) is 5.51. The molecule has 2 aromatic rings. The van der Waals surface area contributed by atoms with Crippen LogP contribution in [-0.2, 0) is 17.6 Å². The summed E-state index contributed by atoms with van der Waals surface area (Å²) in [7, 11) is 0. The van der Waals surface area contributed by atoms with Gasteiger partial charge >= 0.3 is 0 Å². The standard InChI is InChI=1S/C24H32FN3O/c1-5-6-7-8-16(4)22-24(27-21(29)13-15(2)3)26-20-12-9-17-14-18(25)10-11-19(17)23(20)28-22/h10-11,14-16H,5-9,12-13H2,1-4H3,(H,26,27,29). The predicted octanol–water partition coefficient (Wildman–Crippen LogP) is 6.05. The Morgan fingerprint density at radius 2 is 1.97 bits per heavy atom. The molecule has 1 aromatic heterocycles. The molecule has 156 valence electrons. The molecule has 1 aliphatic carbocycles. The van der Waals surface area contributed by atoms with Crippen molar-refractivity contribution in [3.63, 3.8) is 0 Å². The van der Waals surface area contributed by atoms with E-state index in [0.717, 1.165) is 47.5 Å². The van der Waals surface area contributed by atoms with E-state index < -0.39 is 0 Å². The lowest BCUT2D eigenvalue weighted by Gasteiger charge is -2.23. The summed E-state index contributed by atoms with van der Waals surface area (Å²) in [4.78, 5) is 22.3. The average Bonchev–Trinajstić information content (AvgIpc) is 2.66. The Bertz CT molecular complexity index is 879. The number of anilines is 1. The number of benzene rings is 1. The maximum Gasteiger partial charge on any atom is 0.225 e. The van der Waals surface area contributed by atoms with Crippen LogP contribution < -0.4 is 5.32 Å². The lowest BCUT2D eigenvalue weighted by molar-refractivity contribution is -0.116. The highest BCUT2D eigenvalue weighted by atomic mass is 19.1. The molecule has 1 aromatic carbocycles. The number of halogens is 1. The van der Waals surface area contributed by atoms with Crippen LogP contribution in [0.1, 0.15) is 82.7 Å². The Morgan fingerprint density at radius 3 is 2.69 bits per heavy atom. The number of nitrogens with zero attached hydrogens (tertiary/aromatic N) is 2. The summed E-state index contributed by atoms with van der Waals surface area (Å²) >= 11 is 0. The van der Waals surface area contributed by atoms with Gasteiger partial charge in [0.25, 0.3) is 0 Å². The maximum atomic E-state index is 13.7. The number of rotatable bonds is 8. The third-order valence-corrected chi connectivity index (χ3v) is 5.51. The first kappa shape index (κ1) is 21.4. The summed E-state index contributed by atoms with van der Waals surface area (Å²) in [6.45, 7) is 8.40. The number of carbonyl (C=O) groups excluding carboxylic acids is 1. The predicted molar refractivity (Wildman–Crippen MR) is 115 cm³/mol. The van der Waals surface area contributed by atoms with E-state index in [4.69, 9.17) is 9.97 Å². The Labute approximate surface area is 173 Å². The van der Waals surface area contributed by atoms with Crippen LogP contribution in [0.15, 0.2) is 18.2 Å². The van der Waals surface area contributed by atoms with Crippen LogP contribution >= 0.6 is 0 Å². The highest BCUT2D eigenvalue weighted by Gasteiger charge is 2.25. The first-order valence-corrected chi connectivity index (χ1v) is 10.9. The molecule has 3 rings (SSSR count). The zero-order valence-electron chi connectivity index (χ0n) is 18.0. The molecule has 4 nitrogen and oxygen atoms in total. The average molecular weight is 398 g/mol. The van der Waals surface area contributed by atoms with Gasteiger partial charge in [-0.2, -0.15) is 0 Å². The summed E-state index contributed by atoms with van der Waals surface area (Å²) in [5.41, 5.74) is 4.50. The van der Waals surface area contributed by atoms with E-state index in [9.17, 15) is 9.18 Å². The van der Waals surface area contributed by atoms with Gasteiger partial charge < -0.3 is 5.32 Å². The lowest BCUT2D eigenvalue weighted by atomic mass is 9.90. The fourth-order valence-corrected chi connectivity index (χ4v) is 3.95. The fourth-order valence-electron chi connectivity index (χ4n) is 3.95. The van der Waals surface area contributed by atoms with Gasteiger partial charge in [0.1, 0.15) is 5.82 Å². The van der Waals surface area contributed by atoms with Crippen LogP contribution in [0.3, 0.4) is 0 Å². The molecular weight excluding hydrogens is 365 g/mol. The van der Waals surface area contributed by atoms with Crippen LogP contribution in [0.5, 0.6) is 0 Å². The molecule has 0 saturated heterocycles. The van der Waals surface area contributed by atoms with Gasteiger partial charge in [0.15, 0.2) is 5.82 Å². The first-order valence-electron chi connectivity index (χ1n) is 10.9. The molecule has 0 fully saturated rings. The zero-order chi connectivity index (χ0) is 21.0. The minimum atomic E-state index is -0.217. The molecule has 1 unspecified atom stereocenters. The molecule has 29 heavy (non-hydrogen) atoms. The van der Waals surface area contributed by atoms with Crippen molar-refractivity contribution in [2.24, 2.45) is 5.92 Å². The normalized spacial score (nSPS) is 13.7. The minimum Gasteiger partial charge on any atom is -0.309 e. The Hall–Kier alpha value is -2.30. The second kappa shape index (κ2) is 9.47. The minimum absolute atomic E-state index is 0.0189. The van der Waals surface area contributed by atoms with Crippen LogP contribution in [0.25, 0.3) is 11.3 Å². The Balaban J connectivity index is 1.99. The van der Waals surface area contributed by atoms with Crippen LogP contribution in [0, 0.1) is 11.7 Å². The molecular formula is C24H32FN3O. The molecule has 0 spiro atoms. The van der Waals surface area contributed by atoms with Crippen molar-refractivity contribution in [3.8, 4) is 11.3 Å². The highest BCUT2D eigenvalue weighted by Crippen LogP contribution is 2.35. The number of hydrogen-bond donors (Lipinski definition) is 1.